The molecule has 8 nitrogen and oxygen atoms in total. The van der Waals surface area contributed by atoms with Crippen molar-refractivity contribution >= 4 is 10.1 Å². The summed E-state index contributed by atoms with van der Waals surface area (Å²) in [6, 6.07) is 27.6. The van der Waals surface area contributed by atoms with Crippen molar-refractivity contribution in [1.29, 1.82) is 0 Å². The average molecular weight is 597 g/mol. The van der Waals surface area contributed by atoms with Gasteiger partial charge in [-0.3, -0.25) is 4.18 Å². The Hall–Kier alpha value is -2.84. The smallest absolute Gasteiger partial charge is 0.368 e. The van der Waals surface area contributed by atoms with E-state index in [1.54, 1.807) is 0 Å². The second-order valence-electron chi connectivity index (χ2n) is 9.25. The topological polar surface area (TPSA) is 89.5 Å². The lowest BCUT2D eigenvalue weighted by atomic mass is 9.98. The maximum atomic E-state index is 13.1. The Bertz CT molecular complexity index is 1290. The normalized spacial score (nSPS) is 23.4. The van der Waals surface area contributed by atoms with Gasteiger partial charge in [0, 0.05) is 7.11 Å². The quantitative estimate of drug-likeness (QED) is 0.202. The van der Waals surface area contributed by atoms with Gasteiger partial charge in [-0.05, 0) is 16.7 Å². The largest absolute Gasteiger partial charge is 0.523 e. The van der Waals surface area contributed by atoms with Gasteiger partial charge in [-0.1, -0.05) is 91.0 Å². The molecule has 1 saturated heterocycles. The van der Waals surface area contributed by atoms with Gasteiger partial charge in [0.15, 0.2) is 6.29 Å². The summed E-state index contributed by atoms with van der Waals surface area (Å²) in [4.78, 5) is 0. The van der Waals surface area contributed by atoms with Gasteiger partial charge < -0.3 is 23.7 Å². The lowest BCUT2D eigenvalue weighted by molar-refractivity contribution is -0.320. The number of methoxy groups -OCH3 is 1. The fourth-order valence-electron chi connectivity index (χ4n) is 4.29. The summed E-state index contributed by atoms with van der Waals surface area (Å²) in [6.07, 6.45) is -5.42. The predicted molar refractivity (Wildman–Crippen MR) is 142 cm³/mol. The molecule has 1 aliphatic heterocycles. The van der Waals surface area contributed by atoms with Crippen LogP contribution in [0.3, 0.4) is 0 Å². The Labute approximate surface area is 237 Å². The summed E-state index contributed by atoms with van der Waals surface area (Å²) >= 11 is 0. The van der Waals surface area contributed by atoms with Gasteiger partial charge in [-0.2, -0.15) is 21.6 Å². The maximum absolute atomic E-state index is 13.1. The Balaban J connectivity index is 1.64. The third-order valence-corrected chi connectivity index (χ3v) is 7.36. The van der Waals surface area contributed by atoms with E-state index >= 15 is 0 Å². The molecule has 0 aromatic heterocycles. The van der Waals surface area contributed by atoms with Crippen LogP contribution in [0.1, 0.15) is 16.7 Å². The molecule has 0 N–H and O–H groups in total. The highest BCUT2D eigenvalue weighted by Gasteiger charge is 2.52. The molecule has 0 bridgehead atoms. The molecule has 4 rings (SSSR count). The minimum atomic E-state index is -5.89. The van der Waals surface area contributed by atoms with Gasteiger partial charge in [0.1, 0.15) is 24.4 Å². The van der Waals surface area contributed by atoms with Crippen LogP contribution in [0.25, 0.3) is 0 Å². The van der Waals surface area contributed by atoms with E-state index < -0.39 is 52.9 Å². The van der Waals surface area contributed by atoms with Crippen molar-refractivity contribution in [2.24, 2.45) is 0 Å². The van der Waals surface area contributed by atoms with Crippen LogP contribution in [0.2, 0.25) is 0 Å². The van der Waals surface area contributed by atoms with Gasteiger partial charge in [-0.25, -0.2) is 0 Å². The molecule has 0 saturated carbocycles. The molecular formula is C29H31F3O8S. The van der Waals surface area contributed by atoms with Gasteiger partial charge in [0.25, 0.3) is 0 Å². The van der Waals surface area contributed by atoms with Crippen LogP contribution in [-0.4, -0.2) is 58.3 Å². The van der Waals surface area contributed by atoms with Crippen molar-refractivity contribution < 1.29 is 49.5 Å². The molecule has 0 unspecified atom stereocenters. The number of ether oxygens (including phenoxy) is 5. The molecule has 3 aromatic carbocycles. The monoisotopic (exact) mass is 596 g/mol. The molecule has 12 heteroatoms. The summed E-state index contributed by atoms with van der Waals surface area (Å²) in [5.41, 5.74) is -3.16. The number of halogens is 3. The summed E-state index contributed by atoms with van der Waals surface area (Å²) in [7, 11) is -4.55. The molecule has 1 heterocycles. The van der Waals surface area contributed by atoms with Gasteiger partial charge >= 0.3 is 15.6 Å². The molecule has 1 fully saturated rings. The first kappa shape index (κ1) is 31.1. The summed E-state index contributed by atoms with van der Waals surface area (Å²) in [5, 5.41) is 0. The molecule has 41 heavy (non-hydrogen) atoms. The van der Waals surface area contributed by atoms with Crippen molar-refractivity contribution in [2.45, 2.75) is 56.0 Å². The number of rotatable bonds is 13. The zero-order chi connectivity index (χ0) is 29.3. The molecule has 5 atom stereocenters. The lowest BCUT2D eigenvalue weighted by Crippen LogP contribution is -2.61. The maximum Gasteiger partial charge on any atom is 0.523 e. The third kappa shape index (κ3) is 8.58. The number of hydrogen-bond donors (Lipinski definition) is 0. The van der Waals surface area contributed by atoms with Crippen LogP contribution in [0.15, 0.2) is 91.0 Å². The van der Waals surface area contributed by atoms with Crippen molar-refractivity contribution in [2.75, 3.05) is 13.7 Å². The first-order chi connectivity index (χ1) is 19.7. The van der Waals surface area contributed by atoms with E-state index in [9.17, 15) is 21.6 Å². The lowest BCUT2D eigenvalue weighted by Gasteiger charge is -2.45. The van der Waals surface area contributed by atoms with Gasteiger partial charge in [0.2, 0.25) is 0 Å². The summed E-state index contributed by atoms with van der Waals surface area (Å²) in [5.74, 6) is 0. The zero-order valence-corrected chi connectivity index (χ0v) is 23.0. The molecule has 0 amide bonds. The third-order valence-electron chi connectivity index (χ3n) is 6.35. The Kier molecular flexibility index (Phi) is 10.9. The van der Waals surface area contributed by atoms with Gasteiger partial charge in [0.05, 0.1) is 26.4 Å². The van der Waals surface area contributed by atoms with E-state index in [0.29, 0.717) is 0 Å². The van der Waals surface area contributed by atoms with E-state index in [4.69, 9.17) is 23.7 Å². The number of benzene rings is 3. The van der Waals surface area contributed by atoms with Crippen molar-refractivity contribution in [3.63, 3.8) is 0 Å². The van der Waals surface area contributed by atoms with Crippen molar-refractivity contribution in [3.05, 3.63) is 108 Å². The van der Waals surface area contributed by atoms with Crippen LogP contribution in [0.4, 0.5) is 13.2 Å². The SMILES string of the molecule is CO[C@H]1O[C@H](COS(=O)(=O)C(F)(F)F)[C@@H](OCc2ccccc2)[C@H](OCc2ccccc2)[C@H]1OCc1ccccc1. The van der Waals surface area contributed by atoms with E-state index in [1.807, 2.05) is 91.0 Å². The first-order valence-corrected chi connectivity index (χ1v) is 14.2. The van der Waals surface area contributed by atoms with Gasteiger partial charge in [-0.15, -0.1) is 0 Å². The van der Waals surface area contributed by atoms with Crippen LogP contribution in [0.5, 0.6) is 0 Å². The molecule has 0 spiro atoms. The minimum Gasteiger partial charge on any atom is -0.368 e. The standard InChI is InChI=1S/C29H31F3O8S/c1-35-28-27(38-19-23-15-9-4-10-16-23)26(37-18-22-13-7-3-8-14-22)25(36-17-21-11-5-2-6-12-21)24(40-28)20-39-41(33,34)29(30,31)32/h2-16,24-28H,17-20H2,1H3/t24-,25-,26+,27-,28+/m1/s1. The minimum absolute atomic E-state index is 0.0334. The van der Waals surface area contributed by atoms with E-state index in [2.05, 4.69) is 4.18 Å². The second-order valence-corrected chi connectivity index (χ2v) is 10.9. The summed E-state index contributed by atoms with van der Waals surface area (Å²) < 4.78 is 97.1. The first-order valence-electron chi connectivity index (χ1n) is 12.8. The second kappa shape index (κ2) is 14.4. The van der Waals surface area contributed by atoms with E-state index in [0.717, 1.165) is 16.7 Å². The van der Waals surface area contributed by atoms with Crippen LogP contribution in [0, 0.1) is 0 Å². The fraction of sp³-hybridized carbons (Fsp3) is 0.379. The summed E-state index contributed by atoms with van der Waals surface area (Å²) in [6.45, 7) is -0.703. The average Bonchev–Trinajstić information content (AvgIpc) is 2.98. The molecule has 0 radical (unpaired) electrons. The Morgan fingerprint density at radius 2 is 1.10 bits per heavy atom. The van der Waals surface area contributed by atoms with Crippen molar-refractivity contribution in [1.82, 2.24) is 0 Å². The van der Waals surface area contributed by atoms with Crippen molar-refractivity contribution in [3.8, 4) is 0 Å². The zero-order valence-electron chi connectivity index (χ0n) is 22.2. The Morgan fingerprint density at radius 3 is 1.51 bits per heavy atom. The molecule has 222 valence electrons. The van der Waals surface area contributed by atoms with E-state index in [-0.39, 0.29) is 19.8 Å². The van der Waals surface area contributed by atoms with Crippen LogP contribution in [-0.2, 0) is 57.8 Å². The predicted octanol–water partition coefficient (Wildman–Crippen LogP) is 4.98. The number of alkyl halides is 3. The highest BCUT2D eigenvalue weighted by atomic mass is 32.2. The molecule has 3 aromatic rings. The number of hydrogen-bond acceptors (Lipinski definition) is 8. The highest BCUT2D eigenvalue weighted by molar-refractivity contribution is 7.87. The molecular weight excluding hydrogens is 565 g/mol. The highest BCUT2D eigenvalue weighted by Crippen LogP contribution is 2.32. The molecule has 0 aliphatic carbocycles. The van der Waals surface area contributed by atoms with E-state index in [1.165, 1.54) is 7.11 Å². The molecule has 1 aliphatic rings. The van der Waals surface area contributed by atoms with Crippen LogP contribution >= 0.6 is 0 Å². The fourth-order valence-corrected chi connectivity index (χ4v) is 4.74. The Morgan fingerprint density at radius 1 is 0.683 bits per heavy atom. The van der Waals surface area contributed by atoms with Crippen LogP contribution < -0.4 is 0 Å².